The highest BCUT2D eigenvalue weighted by atomic mass is 16.4. The molecule has 0 unspecified atom stereocenters. The Kier molecular flexibility index (Phi) is 4.62. The molecule has 0 atom stereocenters. The van der Waals surface area contributed by atoms with Crippen LogP contribution in [0.4, 0.5) is 0 Å². The van der Waals surface area contributed by atoms with E-state index < -0.39 is 5.97 Å². The highest BCUT2D eigenvalue weighted by Crippen LogP contribution is 2.16. The number of nitrogens with zero attached hydrogens (tertiary/aromatic N) is 3. The van der Waals surface area contributed by atoms with Crippen molar-refractivity contribution in [3.63, 3.8) is 0 Å². The molecule has 0 fully saturated rings. The van der Waals surface area contributed by atoms with Crippen LogP contribution >= 0.6 is 0 Å². The van der Waals surface area contributed by atoms with Crippen LogP contribution in [0.5, 0.6) is 0 Å². The first-order valence-corrected chi connectivity index (χ1v) is 5.73. The van der Waals surface area contributed by atoms with E-state index in [1.54, 1.807) is 0 Å². The fourth-order valence-electron chi connectivity index (χ4n) is 1.29. The lowest BCUT2D eigenvalue weighted by Gasteiger charge is -2.17. The molecule has 0 radical (unpaired) electrons. The van der Waals surface area contributed by atoms with Crippen LogP contribution in [-0.4, -0.2) is 39.2 Å². The predicted octanol–water partition coefficient (Wildman–Crippen LogP) is 1.00. The molecular formula is C11H20N4O2. The Labute approximate surface area is 101 Å². The van der Waals surface area contributed by atoms with Crippen LogP contribution in [-0.2, 0) is 6.54 Å². The normalized spacial score (nSPS) is 11.7. The number of rotatable bonds is 6. The number of carboxylic acids is 1. The molecule has 0 aliphatic carbocycles. The Morgan fingerprint density at radius 2 is 2.18 bits per heavy atom. The SMILES string of the molecule is CC(C)(C)CCNCCn1cc(C(=O)O)nn1. The highest BCUT2D eigenvalue weighted by molar-refractivity contribution is 5.84. The fourth-order valence-corrected chi connectivity index (χ4v) is 1.29. The molecule has 6 nitrogen and oxygen atoms in total. The second kappa shape index (κ2) is 5.77. The standard InChI is InChI=1S/C11H20N4O2/c1-11(2,3)4-5-12-6-7-15-8-9(10(16)17)13-14-15/h8,12H,4-7H2,1-3H3,(H,16,17). The number of hydrogen-bond acceptors (Lipinski definition) is 4. The molecule has 0 spiro atoms. The molecule has 1 aromatic heterocycles. The van der Waals surface area contributed by atoms with Crippen molar-refractivity contribution < 1.29 is 9.90 Å². The molecular weight excluding hydrogens is 220 g/mol. The molecule has 17 heavy (non-hydrogen) atoms. The minimum atomic E-state index is -1.04. The van der Waals surface area contributed by atoms with E-state index >= 15 is 0 Å². The van der Waals surface area contributed by atoms with Gasteiger partial charge in [-0.1, -0.05) is 26.0 Å². The van der Waals surface area contributed by atoms with E-state index in [1.165, 1.54) is 10.9 Å². The number of nitrogens with one attached hydrogen (secondary N) is 1. The summed E-state index contributed by atoms with van der Waals surface area (Å²) >= 11 is 0. The van der Waals surface area contributed by atoms with Crippen LogP contribution in [0.25, 0.3) is 0 Å². The first-order chi connectivity index (χ1) is 7.88. The third-order valence-electron chi connectivity index (χ3n) is 2.33. The number of carboxylic acid groups (broad SMARTS) is 1. The van der Waals surface area contributed by atoms with Crippen LogP contribution in [0, 0.1) is 5.41 Å². The maximum Gasteiger partial charge on any atom is 0.358 e. The van der Waals surface area contributed by atoms with Gasteiger partial charge in [-0.3, -0.25) is 4.68 Å². The summed E-state index contributed by atoms with van der Waals surface area (Å²) in [6, 6.07) is 0. The third kappa shape index (κ3) is 5.44. The van der Waals surface area contributed by atoms with Gasteiger partial charge in [-0.2, -0.15) is 0 Å². The molecule has 0 aliphatic rings. The monoisotopic (exact) mass is 240 g/mol. The minimum Gasteiger partial charge on any atom is -0.476 e. The molecule has 1 aromatic rings. The van der Waals surface area contributed by atoms with Crippen molar-refractivity contribution in [3.05, 3.63) is 11.9 Å². The van der Waals surface area contributed by atoms with Crippen LogP contribution in [0.1, 0.15) is 37.7 Å². The average Bonchev–Trinajstić information content (AvgIpc) is 2.64. The average molecular weight is 240 g/mol. The fraction of sp³-hybridized carbons (Fsp3) is 0.727. The van der Waals surface area contributed by atoms with E-state index in [1.807, 2.05) is 0 Å². The molecule has 2 N–H and O–H groups in total. The van der Waals surface area contributed by atoms with Crippen LogP contribution in [0.3, 0.4) is 0 Å². The van der Waals surface area contributed by atoms with Gasteiger partial charge in [0.1, 0.15) is 0 Å². The number of aromatic carboxylic acids is 1. The number of aromatic nitrogens is 3. The summed E-state index contributed by atoms with van der Waals surface area (Å²) in [4.78, 5) is 10.6. The first-order valence-electron chi connectivity index (χ1n) is 5.73. The third-order valence-corrected chi connectivity index (χ3v) is 2.33. The molecule has 0 aromatic carbocycles. The van der Waals surface area contributed by atoms with E-state index in [0.29, 0.717) is 12.0 Å². The molecule has 0 amide bonds. The van der Waals surface area contributed by atoms with Gasteiger partial charge in [0.2, 0.25) is 0 Å². The first kappa shape index (κ1) is 13.6. The summed E-state index contributed by atoms with van der Waals surface area (Å²) in [5, 5.41) is 19.2. The second-order valence-electron chi connectivity index (χ2n) is 5.23. The lowest BCUT2D eigenvalue weighted by atomic mass is 9.92. The molecule has 96 valence electrons. The van der Waals surface area contributed by atoms with Gasteiger partial charge in [0, 0.05) is 6.54 Å². The Morgan fingerprint density at radius 1 is 1.47 bits per heavy atom. The van der Waals surface area contributed by atoms with Crippen LogP contribution in [0.2, 0.25) is 0 Å². The largest absolute Gasteiger partial charge is 0.476 e. The lowest BCUT2D eigenvalue weighted by molar-refractivity contribution is 0.0690. The van der Waals surface area contributed by atoms with E-state index in [2.05, 4.69) is 36.4 Å². The molecule has 1 rings (SSSR count). The molecule has 0 saturated heterocycles. The molecule has 0 saturated carbocycles. The van der Waals surface area contributed by atoms with Gasteiger partial charge in [0.05, 0.1) is 12.7 Å². The Balaban J connectivity index is 2.20. The Morgan fingerprint density at radius 3 is 2.71 bits per heavy atom. The van der Waals surface area contributed by atoms with E-state index in [-0.39, 0.29) is 5.69 Å². The lowest BCUT2D eigenvalue weighted by Crippen LogP contribution is -2.24. The maximum absolute atomic E-state index is 10.6. The van der Waals surface area contributed by atoms with Gasteiger partial charge in [0.25, 0.3) is 0 Å². The zero-order chi connectivity index (χ0) is 12.9. The van der Waals surface area contributed by atoms with Gasteiger partial charge in [0.15, 0.2) is 5.69 Å². The van der Waals surface area contributed by atoms with E-state index in [4.69, 9.17) is 5.11 Å². The zero-order valence-corrected chi connectivity index (χ0v) is 10.6. The van der Waals surface area contributed by atoms with Crippen molar-refractivity contribution in [2.24, 2.45) is 5.41 Å². The molecule has 0 bridgehead atoms. The Hall–Kier alpha value is -1.43. The Bertz CT molecular complexity index is 368. The summed E-state index contributed by atoms with van der Waals surface area (Å²) in [6.45, 7) is 8.94. The topological polar surface area (TPSA) is 80.0 Å². The summed E-state index contributed by atoms with van der Waals surface area (Å²) in [6.07, 6.45) is 2.54. The van der Waals surface area contributed by atoms with Gasteiger partial charge < -0.3 is 10.4 Å². The maximum atomic E-state index is 10.6. The highest BCUT2D eigenvalue weighted by Gasteiger charge is 2.09. The van der Waals surface area contributed by atoms with E-state index in [9.17, 15) is 4.79 Å². The van der Waals surface area contributed by atoms with Crippen molar-refractivity contribution in [3.8, 4) is 0 Å². The second-order valence-corrected chi connectivity index (χ2v) is 5.23. The number of carbonyl (C=O) groups is 1. The molecule has 6 heteroatoms. The van der Waals surface area contributed by atoms with Crippen molar-refractivity contribution in [1.82, 2.24) is 20.3 Å². The van der Waals surface area contributed by atoms with Crippen molar-refractivity contribution in [2.75, 3.05) is 13.1 Å². The van der Waals surface area contributed by atoms with Crippen molar-refractivity contribution in [2.45, 2.75) is 33.7 Å². The number of hydrogen-bond donors (Lipinski definition) is 2. The van der Waals surface area contributed by atoms with Gasteiger partial charge in [-0.25, -0.2) is 4.79 Å². The summed E-state index contributed by atoms with van der Waals surface area (Å²) in [7, 11) is 0. The molecule has 1 heterocycles. The van der Waals surface area contributed by atoms with Crippen LogP contribution in [0.15, 0.2) is 6.20 Å². The van der Waals surface area contributed by atoms with Crippen LogP contribution < -0.4 is 5.32 Å². The smallest absolute Gasteiger partial charge is 0.358 e. The summed E-state index contributed by atoms with van der Waals surface area (Å²) < 4.78 is 1.54. The summed E-state index contributed by atoms with van der Waals surface area (Å²) in [5.41, 5.74) is 0.316. The minimum absolute atomic E-state index is 0.0142. The van der Waals surface area contributed by atoms with E-state index in [0.717, 1.165) is 19.5 Å². The zero-order valence-electron chi connectivity index (χ0n) is 10.6. The van der Waals surface area contributed by atoms with Gasteiger partial charge >= 0.3 is 5.97 Å². The van der Waals surface area contributed by atoms with Gasteiger partial charge in [-0.15, -0.1) is 5.10 Å². The predicted molar refractivity (Wildman–Crippen MR) is 63.9 cm³/mol. The molecule has 0 aliphatic heterocycles. The quantitative estimate of drug-likeness (QED) is 0.725. The van der Waals surface area contributed by atoms with Gasteiger partial charge in [-0.05, 0) is 18.4 Å². The van der Waals surface area contributed by atoms with Crippen molar-refractivity contribution >= 4 is 5.97 Å². The summed E-state index contributed by atoms with van der Waals surface area (Å²) in [5.74, 6) is -1.04. The van der Waals surface area contributed by atoms with Crippen molar-refractivity contribution in [1.29, 1.82) is 0 Å².